The van der Waals surface area contributed by atoms with Crippen LogP contribution in [0.15, 0.2) is 18.2 Å². The molecule has 1 saturated carbocycles. The van der Waals surface area contributed by atoms with Gasteiger partial charge >= 0.3 is 0 Å². The van der Waals surface area contributed by atoms with Crippen molar-refractivity contribution in [1.82, 2.24) is 0 Å². The predicted octanol–water partition coefficient (Wildman–Crippen LogP) is 3.44. The van der Waals surface area contributed by atoms with Crippen LogP contribution in [0.25, 0.3) is 0 Å². The van der Waals surface area contributed by atoms with Crippen molar-refractivity contribution in [2.24, 2.45) is 11.1 Å². The van der Waals surface area contributed by atoms with E-state index in [0.29, 0.717) is 6.54 Å². The molecule has 1 amide bonds. The Labute approximate surface area is 127 Å². The van der Waals surface area contributed by atoms with Gasteiger partial charge in [-0.15, -0.1) is 12.4 Å². The van der Waals surface area contributed by atoms with Gasteiger partial charge in [-0.1, -0.05) is 25.8 Å². The van der Waals surface area contributed by atoms with Crippen molar-refractivity contribution >= 4 is 24.0 Å². The van der Waals surface area contributed by atoms with Gasteiger partial charge in [-0.3, -0.25) is 4.79 Å². The molecule has 0 aliphatic heterocycles. The average Bonchev–Trinajstić information content (AvgIpc) is 2.91. The number of rotatable bonds is 4. The third-order valence-electron chi connectivity index (χ3n) is 4.42. The van der Waals surface area contributed by atoms with Crippen LogP contribution < -0.4 is 11.1 Å². The molecule has 112 valence electrons. The number of amides is 1. The van der Waals surface area contributed by atoms with Crippen LogP contribution in [0.2, 0.25) is 0 Å². The Kier molecular flexibility index (Phi) is 6.03. The second-order valence-electron chi connectivity index (χ2n) is 5.64. The lowest BCUT2D eigenvalue weighted by Gasteiger charge is -2.25. The van der Waals surface area contributed by atoms with E-state index in [1.165, 1.54) is 11.1 Å². The van der Waals surface area contributed by atoms with Crippen molar-refractivity contribution in [1.29, 1.82) is 0 Å². The summed E-state index contributed by atoms with van der Waals surface area (Å²) in [5.41, 5.74) is 8.96. The van der Waals surface area contributed by atoms with E-state index in [1.807, 2.05) is 6.07 Å². The van der Waals surface area contributed by atoms with Crippen molar-refractivity contribution < 1.29 is 4.79 Å². The van der Waals surface area contributed by atoms with Crippen LogP contribution in [0.5, 0.6) is 0 Å². The first-order valence-corrected chi connectivity index (χ1v) is 7.22. The molecule has 0 aromatic heterocycles. The first kappa shape index (κ1) is 17.0. The van der Waals surface area contributed by atoms with E-state index >= 15 is 0 Å². The number of carbonyl (C=O) groups is 1. The van der Waals surface area contributed by atoms with Crippen LogP contribution >= 0.6 is 12.4 Å². The van der Waals surface area contributed by atoms with Crippen LogP contribution in [0.3, 0.4) is 0 Å². The van der Waals surface area contributed by atoms with Gasteiger partial charge in [0.2, 0.25) is 5.91 Å². The van der Waals surface area contributed by atoms with E-state index in [9.17, 15) is 4.79 Å². The Hall–Kier alpha value is -1.06. The highest BCUT2D eigenvalue weighted by Crippen LogP contribution is 2.38. The molecule has 0 unspecified atom stereocenters. The van der Waals surface area contributed by atoms with E-state index in [0.717, 1.165) is 37.8 Å². The third kappa shape index (κ3) is 3.33. The first-order valence-electron chi connectivity index (χ1n) is 7.22. The van der Waals surface area contributed by atoms with Crippen molar-refractivity contribution in [3.05, 3.63) is 29.3 Å². The zero-order chi connectivity index (χ0) is 13.9. The Morgan fingerprint density at radius 1 is 1.35 bits per heavy atom. The predicted molar refractivity (Wildman–Crippen MR) is 86.4 cm³/mol. The Morgan fingerprint density at radius 2 is 2.00 bits per heavy atom. The highest BCUT2D eigenvalue weighted by atomic mass is 35.5. The summed E-state index contributed by atoms with van der Waals surface area (Å²) in [6.45, 7) is 4.68. The maximum Gasteiger partial charge on any atom is 0.231 e. The molecule has 1 fully saturated rings. The quantitative estimate of drug-likeness (QED) is 0.894. The van der Waals surface area contributed by atoms with Crippen molar-refractivity contribution in [2.75, 3.05) is 11.9 Å². The number of hydrogen-bond acceptors (Lipinski definition) is 2. The fourth-order valence-electron chi connectivity index (χ4n) is 2.97. The normalized spacial score (nSPS) is 16.6. The van der Waals surface area contributed by atoms with Gasteiger partial charge in [0.1, 0.15) is 0 Å². The number of benzene rings is 1. The monoisotopic (exact) mass is 296 g/mol. The topological polar surface area (TPSA) is 55.1 Å². The maximum absolute atomic E-state index is 12.5. The molecule has 20 heavy (non-hydrogen) atoms. The van der Waals surface area contributed by atoms with Crippen LogP contribution in [0, 0.1) is 12.3 Å². The second kappa shape index (κ2) is 7.09. The number of anilines is 1. The van der Waals surface area contributed by atoms with E-state index in [4.69, 9.17) is 5.73 Å². The molecule has 1 aliphatic carbocycles. The summed E-state index contributed by atoms with van der Waals surface area (Å²) >= 11 is 0. The number of halogens is 1. The largest absolute Gasteiger partial charge is 0.329 e. The minimum atomic E-state index is -0.336. The molecule has 0 saturated heterocycles. The lowest BCUT2D eigenvalue weighted by atomic mass is 9.85. The molecule has 3 N–H and O–H groups in total. The number of aryl methyl sites for hydroxylation is 2. The number of carbonyl (C=O) groups excluding carboxylic acids is 1. The molecule has 1 aromatic rings. The zero-order valence-corrected chi connectivity index (χ0v) is 13.2. The average molecular weight is 297 g/mol. The number of nitrogens with one attached hydrogen (secondary N) is 1. The Balaban J connectivity index is 0.00000200. The minimum Gasteiger partial charge on any atom is -0.329 e. The molecule has 0 heterocycles. The van der Waals surface area contributed by atoms with Crippen LogP contribution in [-0.4, -0.2) is 12.5 Å². The molecule has 4 heteroatoms. The molecule has 2 rings (SSSR count). The van der Waals surface area contributed by atoms with Crippen molar-refractivity contribution in [3.63, 3.8) is 0 Å². The minimum absolute atomic E-state index is 0. The van der Waals surface area contributed by atoms with E-state index in [1.54, 1.807) is 0 Å². The SMILES string of the molecule is CCc1cc(NC(=O)C2(CN)CCCC2)ccc1C.Cl. The smallest absolute Gasteiger partial charge is 0.231 e. The summed E-state index contributed by atoms with van der Waals surface area (Å²) in [6.07, 6.45) is 5.04. The molecule has 0 spiro atoms. The Bertz CT molecular complexity index is 468. The summed E-state index contributed by atoms with van der Waals surface area (Å²) in [5.74, 6) is 0.0957. The maximum atomic E-state index is 12.5. The summed E-state index contributed by atoms with van der Waals surface area (Å²) < 4.78 is 0. The molecule has 1 aromatic carbocycles. The lowest BCUT2D eigenvalue weighted by molar-refractivity contribution is -0.124. The van der Waals surface area contributed by atoms with Gasteiger partial charge in [-0.05, 0) is 49.4 Å². The Morgan fingerprint density at radius 3 is 2.55 bits per heavy atom. The van der Waals surface area contributed by atoms with Gasteiger partial charge in [0, 0.05) is 12.2 Å². The van der Waals surface area contributed by atoms with Crippen LogP contribution in [0.4, 0.5) is 5.69 Å². The summed E-state index contributed by atoms with van der Waals surface area (Å²) in [7, 11) is 0. The fourth-order valence-corrected chi connectivity index (χ4v) is 2.97. The van der Waals surface area contributed by atoms with E-state index < -0.39 is 0 Å². The zero-order valence-electron chi connectivity index (χ0n) is 12.4. The molecular formula is C16H25ClN2O. The molecular weight excluding hydrogens is 272 g/mol. The second-order valence-corrected chi connectivity index (χ2v) is 5.64. The highest BCUT2D eigenvalue weighted by molar-refractivity contribution is 5.95. The number of nitrogens with two attached hydrogens (primary N) is 1. The van der Waals surface area contributed by atoms with Crippen LogP contribution in [-0.2, 0) is 11.2 Å². The molecule has 0 bridgehead atoms. The lowest BCUT2D eigenvalue weighted by Crippen LogP contribution is -2.40. The van der Waals surface area contributed by atoms with Gasteiger partial charge in [-0.2, -0.15) is 0 Å². The van der Waals surface area contributed by atoms with Gasteiger partial charge in [0.05, 0.1) is 5.41 Å². The van der Waals surface area contributed by atoms with Crippen molar-refractivity contribution in [2.45, 2.75) is 46.0 Å². The standard InChI is InChI=1S/C16H24N2O.ClH/c1-3-13-10-14(7-6-12(13)2)18-15(19)16(11-17)8-4-5-9-16;/h6-7,10H,3-5,8-9,11,17H2,1-2H3,(H,18,19);1H. The molecule has 0 atom stereocenters. The summed E-state index contributed by atoms with van der Waals surface area (Å²) in [5, 5.41) is 3.06. The molecule has 3 nitrogen and oxygen atoms in total. The fraction of sp³-hybridized carbons (Fsp3) is 0.562. The van der Waals surface area contributed by atoms with Gasteiger partial charge in [-0.25, -0.2) is 0 Å². The first-order chi connectivity index (χ1) is 9.11. The third-order valence-corrected chi connectivity index (χ3v) is 4.42. The van der Waals surface area contributed by atoms with Gasteiger partial charge < -0.3 is 11.1 Å². The van der Waals surface area contributed by atoms with Crippen LogP contribution in [0.1, 0.15) is 43.7 Å². The van der Waals surface area contributed by atoms with E-state index in [2.05, 4.69) is 31.3 Å². The number of hydrogen-bond donors (Lipinski definition) is 2. The van der Waals surface area contributed by atoms with Gasteiger partial charge in [0.15, 0.2) is 0 Å². The molecule has 1 aliphatic rings. The summed E-state index contributed by atoms with van der Waals surface area (Å²) in [4.78, 5) is 12.5. The molecule has 0 radical (unpaired) electrons. The van der Waals surface area contributed by atoms with Crippen molar-refractivity contribution in [3.8, 4) is 0 Å². The van der Waals surface area contributed by atoms with E-state index in [-0.39, 0.29) is 23.7 Å². The highest BCUT2D eigenvalue weighted by Gasteiger charge is 2.39. The summed E-state index contributed by atoms with van der Waals surface area (Å²) in [6, 6.07) is 6.12. The van der Waals surface area contributed by atoms with Gasteiger partial charge in [0.25, 0.3) is 0 Å².